The van der Waals surface area contributed by atoms with Crippen LogP contribution in [0.3, 0.4) is 0 Å². The Balaban J connectivity index is 2.41. The van der Waals surface area contributed by atoms with Crippen LogP contribution in [0.15, 0.2) is 12.2 Å². The predicted molar refractivity (Wildman–Crippen MR) is 47.9 cm³/mol. The molecule has 0 saturated carbocycles. The highest BCUT2D eigenvalue weighted by atomic mass is 16.2. The zero-order valence-corrected chi connectivity index (χ0v) is 7.53. The second-order valence-corrected chi connectivity index (χ2v) is 2.95. The lowest BCUT2D eigenvalue weighted by molar-refractivity contribution is -0.135. The maximum Gasteiger partial charge on any atom is 0.241 e. The average Bonchev–Trinajstić information content (AvgIpc) is 2.01. The summed E-state index contributed by atoms with van der Waals surface area (Å²) < 4.78 is 0. The van der Waals surface area contributed by atoms with Crippen LogP contribution < -0.4 is 11.1 Å². The highest BCUT2D eigenvalue weighted by Crippen LogP contribution is 1.94. The summed E-state index contributed by atoms with van der Waals surface area (Å²) in [4.78, 5) is 33.7. The molecule has 1 fully saturated rings. The summed E-state index contributed by atoms with van der Waals surface area (Å²) in [6.07, 6.45) is 2.73. The summed E-state index contributed by atoms with van der Waals surface area (Å²) >= 11 is 0. The summed E-state index contributed by atoms with van der Waals surface area (Å²) in [6.45, 7) is 0.686. The van der Waals surface area contributed by atoms with Crippen LogP contribution in [-0.2, 0) is 14.4 Å². The molecule has 0 aromatic rings. The van der Waals surface area contributed by atoms with Gasteiger partial charge in [0.15, 0.2) is 0 Å². The molecule has 6 heteroatoms. The van der Waals surface area contributed by atoms with Crippen LogP contribution in [0.25, 0.3) is 0 Å². The highest BCUT2D eigenvalue weighted by Gasteiger charge is 2.20. The van der Waals surface area contributed by atoms with Crippen LogP contribution in [0.1, 0.15) is 0 Å². The Hall–Kier alpha value is -1.69. The van der Waals surface area contributed by atoms with Gasteiger partial charge in [-0.05, 0) is 6.08 Å². The first-order chi connectivity index (χ1) is 6.58. The van der Waals surface area contributed by atoms with Crippen molar-refractivity contribution in [2.24, 2.45) is 5.73 Å². The molecule has 0 bridgehead atoms. The molecule has 76 valence electrons. The second kappa shape index (κ2) is 4.52. The molecule has 1 saturated heterocycles. The molecule has 6 nitrogen and oxygen atoms in total. The van der Waals surface area contributed by atoms with Crippen LogP contribution in [0, 0.1) is 0 Å². The molecule has 0 aromatic heterocycles. The Morgan fingerprint density at radius 1 is 1.43 bits per heavy atom. The van der Waals surface area contributed by atoms with Gasteiger partial charge in [-0.3, -0.25) is 24.6 Å². The minimum Gasteiger partial charge on any atom is -0.366 e. The standard InChI is InChI=1S/C8H11N3O3/c9-6(12)2-1-3-11-4-7(13)10-8(14)5-11/h1-2H,3-5H2,(H2,9,12)(H,10,13,14)/b2-1+. The molecule has 1 heterocycles. The maximum atomic E-state index is 10.9. The molecule has 1 aliphatic rings. The molecule has 3 amide bonds. The molecular formula is C8H11N3O3. The van der Waals surface area contributed by atoms with Crippen LogP contribution in [-0.4, -0.2) is 42.3 Å². The molecule has 1 rings (SSSR count). The number of carbonyl (C=O) groups is 3. The fourth-order valence-electron chi connectivity index (χ4n) is 1.14. The topological polar surface area (TPSA) is 92.5 Å². The van der Waals surface area contributed by atoms with Gasteiger partial charge in [-0.2, -0.15) is 0 Å². The quantitative estimate of drug-likeness (QED) is 0.403. The Morgan fingerprint density at radius 3 is 2.50 bits per heavy atom. The largest absolute Gasteiger partial charge is 0.366 e. The van der Waals surface area contributed by atoms with Gasteiger partial charge < -0.3 is 5.73 Å². The summed E-state index contributed by atoms with van der Waals surface area (Å²) in [7, 11) is 0. The monoisotopic (exact) mass is 197 g/mol. The third-order valence-corrected chi connectivity index (χ3v) is 1.66. The molecule has 0 unspecified atom stereocenters. The lowest BCUT2D eigenvalue weighted by atomic mass is 10.3. The van der Waals surface area contributed by atoms with E-state index in [4.69, 9.17) is 5.73 Å². The summed E-state index contributed by atoms with van der Waals surface area (Å²) in [6, 6.07) is 0. The number of carbonyl (C=O) groups excluding carboxylic acids is 3. The zero-order chi connectivity index (χ0) is 10.6. The van der Waals surface area contributed by atoms with Crippen molar-refractivity contribution < 1.29 is 14.4 Å². The van der Waals surface area contributed by atoms with Gasteiger partial charge in [0.1, 0.15) is 0 Å². The summed E-state index contributed by atoms with van der Waals surface area (Å²) in [5.41, 5.74) is 4.87. The van der Waals surface area contributed by atoms with Crippen molar-refractivity contribution in [1.29, 1.82) is 0 Å². The maximum absolute atomic E-state index is 10.9. The fraction of sp³-hybridized carbons (Fsp3) is 0.375. The lowest BCUT2D eigenvalue weighted by Gasteiger charge is -2.23. The number of imide groups is 1. The molecular weight excluding hydrogens is 186 g/mol. The van der Waals surface area contributed by atoms with Gasteiger partial charge in [0.05, 0.1) is 13.1 Å². The number of rotatable bonds is 3. The fourth-order valence-corrected chi connectivity index (χ4v) is 1.14. The molecule has 0 aromatic carbocycles. The van der Waals surface area contributed by atoms with Crippen molar-refractivity contribution in [2.75, 3.05) is 19.6 Å². The van der Waals surface area contributed by atoms with Crippen molar-refractivity contribution in [3.8, 4) is 0 Å². The van der Waals surface area contributed by atoms with Gasteiger partial charge in [-0.25, -0.2) is 0 Å². The molecule has 14 heavy (non-hydrogen) atoms. The van der Waals surface area contributed by atoms with Crippen LogP contribution in [0.5, 0.6) is 0 Å². The molecule has 0 aliphatic carbocycles. The minimum atomic E-state index is -0.544. The second-order valence-electron chi connectivity index (χ2n) is 2.95. The first kappa shape index (κ1) is 10.4. The van der Waals surface area contributed by atoms with Crippen LogP contribution in [0.4, 0.5) is 0 Å². The Kier molecular flexibility index (Phi) is 3.35. The molecule has 0 spiro atoms. The highest BCUT2D eigenvalue weighted by molar-refractivity contribution is 5.99. The first-order valence-corrected chi connectivity index (χ1v) is 4.09. The van der Waals surface area contributed by atoms with Gasteiger partial charge in [-0.1, -0.05) is 6.08 Å². The van der Waals surface area contributed by atoms with Gasteiger partial charge in [0.25, 0.3) is 0 Å². The molecule has 1 aliphatic heterocycles. The smallest absolute Gasteiger partial charge is 0.241 e. The van der Waals surface area contributed by atoms with E-state index in [1.165, 1.54) is 12.2 Å². The third kappa shape index (κ3) is 3.36. The lowest BCUT2D eigenvalue weighted by Crippen LogP contribution is -2.51. The van der Waals surface area contributed by atoms with E-state index in [1.54, 1.807) is 4.90 Å². The van der Waals surface area contributed by atoms with E-state index in [0.717, 1.165) is 0 Å². The van der Waals surface area contributed by atoms with E-state index >= 15 is 0 Å². The van der Waals surface area contributed by atoms with Gasteiger partial charge in [0.2, 0.25) is 17.7 Å². The number of hydrogen-bond donors (Lipinski definition) is 2. The van der Waals surface area contributed by atoms with E-state index in [9.17, 15) is 14.4 Å². The Morgan fingerprint density at radius 2 is 2.00 bits per heavy atom. The Labute approximate surface area is 80.7 Å². The number of primary amides is 1. The number of nitrogens with zero attached hydrogens (tertiary/aromatic N) is 1. The van der Waals surface area contributed by atoms with Gasteiger partial charge >= 0.3 is 0 Å². The minimum absolute atomic E-state index is 0.162. The normalized spacial score (nSPS) is 18.6. The van der Waals surface area contributed by atoms with Crippen molar-refractivity contribution in [2.45, 2.75) is 0 Å². The van der Waals surface area contributed by atoms with Crippen molar-refractivity contribution >= 4 is 17.7 Å². The van der Waals surface area contributed by atoms with E-state index < -0.39 is 5.91 Å². The van der Waals surface area contributed by atoms with Crippen molar-refractivity contribution in [1.82, 2.24) is 10.2 Å². The number of nitrogens with one attached hydrogen (secondary N) is 1. The first-order valence-electron chi connectivity index (χ1n) is 4.09. The SMILES string of the molecule is NC(=O)/C=C/CN1CC(=O)NC(=O)C1. The molecule has 3 N–H and O–H groups in total. The molecule has 0 radical (unpaired) electrons. The van der Waals surface area contributed by atoms with Crippen molar-refractivity contribution in [3.63, 3.8) is 0 Å². The summed E-state index contributed by atoms with van der Waals surface area (Å²) in [5, 5.41) is 2.17. The number of hydrogen-bond acceptors (Lipinski definition) is 4. The summed E-state index contributed by atoms with van der Waals surface area (Å²) in [5.74, 6) is -1.19. The van der Waals surface area contributed by atoms with Gasteiger partial charge in [0, 0.05) is 6.54 Å². The van der Waals surface area contributed by atoms with E-state index in [1.807, 2.05) is 0 Å². The third-order valence-electron chi connectivity index (χ3n) is 1.66. The van der Waals surface area contributed by atoms with E-state index in [2.05, 4.69) is 5.32 Å². The van der Waals surface area contributed by atoms with Crippen LogP contribution >= 0.6 is 0 Å². The number of nitrogens with two attached hydrogens (primary N) is 1. The number of amides is 3. The van der Waals surface area contributed by atoms with E-state index in [-0.39, 0.29) is 24.9 Å². The van der Waals surface area contributed by atoms with E-state index in [0.29, 0.717) is 6.54 Å². The van der Waals surface area contributed by atoms with Gasteiger partial charge in [-0.15, -0.1) is 0 Å². The average molecular weight is 197 g/mol. The van der Waals surface area contributed by atoms with Crippen LogP contribution in [0.2, 0.25) is 0 Å². The predicted octanol–water partition coefficient (Wildman–Crippen LogP) is -2.01. The van der Waals surface area contributed by atoms with Crippen molar-refractivity contribution in [3.05, 3.63) is 12.2 Å². The number of piperazine rings is 1. The Bertz CT molecular complexity index is 282. The molecule has 0 atom stereocenters. The zero-order valence-electron chi connectivity index (χ0n) is 7.53.